The molecule has 0 amide bonds. The molecular weight excluding hydrogens is 224 g/mol. The molecule has 0 aliphatic rings. The van der Waals surface area contributed by atoms with Crippen LogP contribution in [-0.4, -0.2) is 22.3 Å². The SMILES string of the molecule is CCC(C)[NH+]=CNc1ccc(-c2cnc[nH]2)cc1. The Bertz CT molecular complexity index is 485. The van der Waals surface area contributed by atoms with E-state index in [9.17, 15) is 0 Å². The molecule has 1 atom stereocenters. The fourth-order valence-electron chi connectivity index (χ4n) is 1.54. The van der Waals surface area contributed by atoms with E-state index in [-0.39, 0.29) is 0 Å². The second kappa shape index (κ2) is 6.00. The zero-order valence-corrected chi connectivity index (χ0v) is 10.8. The molecule has 1 aromatic heterocycles. The van der Waals surface area contributed by atoms with Gasteiger partial charge < -0.3 is 4.98 Å². The Morgan fingerprint density at radius 1 is 1.39 bits per heavy atom. The lowest BCUT2D eigenvalue weighted by molar-refractivity contribution is -0.493. The van der Waals surface area contributed by atoms with Crippen molar-refractivity contribution in [3.63, 3.8) is 0 Å². The third kappa shape index (κ3) is 3.20. The van der Waals surface area contributed by atoms with Crippen molar-refractivity contribution in [3.8, 4) is 11.3 Å². The third-order valence-corrected chi connectivity index (χ3v) is 2.91. The number of H-pyrrole nitrogens is 1. The number of hydrogen-bond acceptors (Lipinski definition) is 1. The van der Waals surface area contributed by atoms with Gasteiger partial charge in [-0.05, 0) is 43.2 Å². The van der Waals surface area contributed by atoms with Crippen molar-refractivity contribution in [1.29, 1.82) is 0 Å². The minimum Gasteiger partial charge on any atom is -0.345 e. The monoisotopic (exact) mass is 243 g/mol. The molecule has 0 bridgehead atoms. The number of imidazole rings is 1. The van der Waals surface area contributed by atoms with E-state index in [1.165, 1.54) is 0 Å². The molecule has 1 aromatic carbocycles. The van der Waals surface area contributed by atoms with Crippen molar-refractivity contribution in [2.75, 3.05) is 5.32 Å². The number of nitrogens with zero attached hydrogens (tertiary/aromatic N) is 1. The van der Waals surface area contributed by atoms with Crippen LogP contribution >= 0.6 is 0 Å². The summed E-state index contributed by atoms with van der Waals surface area (Å²) < 4.78 is 0. The summed E-state index contributed by atoms with van der Waals surface area (Å²) in [4.78, 5) is 10.4. The molecule has 2 aromatic rings. The lowest BCUT2D eigenvalue weighted by Crippen LogP contribution is -2.76. The Balaban J connectivity index is 1.98. The van der Waals surface area contributed by atoms with E-state index >= 15 is 0 Å². The molecular formula is C14H19N4+. The summed E-state index contributed by atoms with van der Waals surface area (Å²) in [5.41, 5.74) is 3.23. The first-order valence-corrected chi connectivity index (χ1v) is 6.22. The van der Waals surface area contributed by atoms with Gasteiger partial charge in [0.1, 0.15) is 5.69 Å². The average Bonchev–Trinajstić information content (AvgIpc) is 2.93. The largest absolute Gasteiger partial charge is 0.345 e. The molecule has 2 rings (SSSR count). The molecule has 1 unspecified atom stereocenters. The quantitative estimate of drug-likeness (QED) is 0.549. The lowest BCUT2D eigenvalue weighted by atomic mass is 10.1. The Labute approximate surface area is 107 Å². The van der Waals surface area contributed by atoms with Gasteiger partial charge in [-0.25, -0.2) is 10.3 Å². The van der Waals surface area contributed by atoms with Gasteiger partial charge in [-0.2, -0.15) is 0 Å². The van der Waals surface area contributed by atoms with E-state index in [1.807, 2.05) is 24.7 Å². The summed E-state index contributed by atoms with van der Waals surface area (Å²) in [6.45, 7) is 4.31. The Morgan fingerprint density at radius 3 is 2.78 bits per heavy atom. The number of benzene rings is 1. The molecule has 0 aliphatic carbocycles. The van der Waals surface area contributed by atoms with Crippen LogP contribution in [0.1, 0.15) is 20.3 Å². The lowest BCUT2D eigenvalue weighted by Gasteiger charge is -1.99. The van der Waals surface area contributed by atoms with Gasteiger partial charge in [0.05, 0.1) is 24.3 Å². The zero-order chi connectivity index (χ0) is 12.8. The molecule has 3 N–H and O–H groups in total. The molecule has 4 heteroatoms. The summed E-state index contributed by atoms with van der Waals surface area (Å²) in [6, 6.07) is 8.71. The predicted molar refractivity (Wildman–Crippen MR) is 74.4 cm³/mol. The highest BCUT2D eigenvalue weighted by Crippen LogP contribution is 2.18. The maximum Gasteiger partial charge on any atom is 0.235 e. The van der Waals surface area contributed by atoms with Crippen LogP contribution in [0.5, 0.6) is 0 Å². The van der Waals surface area contributed by atoms with Crippen molar-refractivity contribution < 1.29 is 4.99 Å². The van der Waals surface area contributed by atoms with E-state index in [0.717, 1.165) is 23.4 Å². The molecule has 0 radical (unpaired) electrons. The second-order valence-corrected chi connectivity index (χ2v) is 4.31. The molecule has 0 spiro atoms. The van der Waals surface area contributed by atoms with Crippen LogP contribution in [0, 0.1) is 0 Å². The normalized spacial score (nSPS) is 12.8. The van der Waals surface area contributed by atoms with Crippen molar-refractivity contribution >= 4 is 12.0 Å². The topological polar surface area (TPSA) is 54.7 Å². The number of hydrogen-bond donors (Lipinski definition) is 3. The molecule has 18 heavy (non-hydrogen) atoms. The van der Waals surface area contributed by atoms with Crippen LogP contribution in [0.15, 0.2) is 36.8 Å². The zero-order valence-electron chi connectivity index (χ0n) is 10.8. The minimum absolute atomic E-state index is 0.488. The molecule has 0 saturated carbocycles. The highest BCUT2D eigenvalue weighted by Gasteiger charge is 2.00. The summed E-state index contributed by atoms with van der Waals surface area (Å²) in [7, 11) is 0. The smallest absolute Gasteiger partial charge is 0.235 e. The Morgan fingerprint density at radius 2 is 2.17 bits per heavy atom. The van der Waals surface area contributed by atoms with Crippen LogP contribution in [0.4, 0.5) is 5.69 Å². The van der Waals surface area contributed by atoms with Gasteiger partial charge in [-0.3, -0.25) is 4.99 Å². The van der Waals surface area contributed by atoms with Gasteiger partial charge in [0.15, 0.2) is 0 Å². The van der Waals surface area contributed by atoms with Crippen LogP contribution in [0.25, 0.3) is 11.3 Å². The van der Waals surface area contributed by atoms with Gasteiger partial charge >= 0.3 is 0 Å². The van der Waals surface area contributed by atoms with Crippen LogP contribution in [0.3, 0.4) is 0 Å². The first kappa shape index (κ1) is 12.4. The molecule has 4 nitrogen and oxygen atoms in total. The number of anilines is 1. The first-order chi connectivity index (χ1) is 8.79. The van der Waals surface area contributed by atoms with Crippen molar-refractivity contribution in [2.24, 2.45) is 0 Å². The molecule has 0 aliphatic heterocycles. The maximum atomic E-state index is 4.01. The van der Waals surface area contributed by atoms with Gasteiger partial charge in [0.2, 0.25) is 6.34 Å². The Kier molecular flexibility index (Phi) is 4.12. The molecule has 1 heterocycles. The van der Waals surface area contributed by atoms with Crippen LogP contribution < -0.4 is 10.3 Å². The minimum atomic E-state index is 0.488. The number of nitrogens with one attached hydrogen (secondary N) is 3. The molecule has 0 fully saturated rings. The number of aromatic amines is 1. The molecule has 94 valence electrons. The fourth-order valence-corrected chi connectivity index (χ4v) is 1.54. The summed E-state index contributed by atoms with van der Waals surface area (Å²) in [5.74, 6) is 0. The highest BCUT2D eigenvalue weighted by atomic mass is 14.9. The number of aromatic nitrogens is 2. The van der Waals surface area contributed by atoms with Crippen molar-refractivity contribution in [1.82, 2.24) is 9.97 Å². The van der Waals surface area contributed by atoms with E-state index in [1.54, 1.807) is 6.33 Å². The van der Waals surface area contributed by atoms with Gasteiger partial charge in [0, 0.05) is 0 Å². The number of rotatable bonds is 5. The van der Waals surface area contributed by atoms with Gasteiger partial charge in [0.25, 0.3) is 0 Å². The summed E-state index contributed by atoms with van der Waals surface area (Å²) in [5, 5.41) is 3.22. The van der Waals surface area contributed by atoms with Crippen molar-refractivity contribution in [3.05, 3.63) is 36.8 Å². The highest BCUT2D eigenvalue weighted by molar-refractivity contribution is 5.73. The van der Waals surface area contributed by atoms with E-state index in [0.29, 0.717) is 6.04 Å². The fraction of sp³-hybridized carbons (Fsp3) is 0.286. The van der Waals surface area contributed by atoms with E-state index < -0.39 is 0 Å². The van der Waals surface area contributed by atoms with Gasteiger partial charge in [-0.15, -0.1) is 0 Å². The maximum absolute atomic E-state index is 4.01. The predicted octanol–water partition coefficient (Wildman–Crippen LogP) is 1.40. The third-order valence-electron chi connectivity index (χ3n) is 2.91. The van der Waals surface area contributed by atoms with Gasteiger partial charge in [-0.1, -0.05) is 6.92 Å². The summed E-state index contributed by atoms with van der Waals surface area (Å²) >= 11 is 0. The van der Waals surface area contributed by atoms with Crippen LogP contribution in [0.2, 0.25) is 0 Å². The van der Waals surface area contributed by atoms with Crippen molar-refractivity contribution in [2.45, 2.75) is 26.3 Å². The Hall–Kier alpha value is -2.10. The first-order valence-electron chi connectivity index (χ1n) is 6.22. The average molecular weight is 243 g/mol. The second-order valence-electron chi connectivity index (χ2n) is 4.31. The summed E-state index contributed by atoms with van der Waals surface area (Å²) in [6.07, 6.45) is 6.50. The van der Waals surface area contributed by atoms with Crippen LogP contribution in [-0.2, 0) is 0 Å². The van der Waals surface area contributed by atoms with E-state index in [4.69, 9.17) is 0 Å². The standard InChI is InChI=1S/C14H18N4/c1-3-11(2)16-10-17-13-6-4-12(5-7-13)14-8-15-9-18-14/h4-11H,3H2,1-2H3,(H,15,18)(H,16,17)/p+1. The van der Waals surface area contributed by atoms with E-state index in [2.05, 4.69) is 46.3 Å². The molecule has 0 saturated heterocycles.